The molecule has 28 heavy (non-hydrogen) atoms. The van der Waals surface area contributed by atoms with Crippen LogP contribution in [-0.2, 0) is 24.3 Å². The highest BCUT2D eigenvalue weighted by Crippen LogP contribution is 2.18. The van der Waals surface area contributed by atoms with Gasteiger partial charge in [0.1, 0.15) is 0 Å². The van der Waals surface area contributed by atoms with Crippen LogP contribution in [0.1, 0.15) is 29.2 Å². The van der Waals surface area contributed by atoms with Crippen molar-refractivity contribution in [3.05, 3.63) is 70.8 Å². The molecule has 3 rings (SSSR count). The molecule has 5 nitrogen and oxygen atoms in total. The number of aryl methyl sites for hydroxylation is 1. The van der Waals surface area contributed by atoms with Crippen LogP contribution >= 0.6 is 24.0 Å². The number of fused-ring (bicyclic) bond motifs is 1. The summed E-state index contributed by atoms with van der Waals surface area (Å²) in [5.74, 6) is 0.772. The molecule has 0 spiro atoms. The van der Waals surface area contributed by atoms with E-state index in [1.165, 1.54) is 16.7 Å². The molecule has 1 aliphatic rings. The Balaban J connectivity index is 0.00000280. The van der Waals surface area contributed by atoms with E-state index in [-0.39, 0.29) is 36.4 Å². The highest BCUT2D eigenvalue weighted by Gasteiger charge is 2.20. The zero-order chi connectivity index (χ0) is 19.1. The Kier molecular flexibility index (Phi) is 8.76. The molecule has 0 aliphatic carbocycles. The zero-order valence-electron chi connectivity index (χ0n) is 16.6. The largest absolute Gasteiger partial charge is 0.357 e. The Hall–Kier alpha value is -2.09. The maximum absolute atomic E-state index is 12.6. The molecule has 0 atom stereocenters. The topological polar surface area (TPSA) is 56.7 Å². The van der Waals surface area contributed by atoms with E-state index in [1.807, 2.05) is 17.9 Å². The first kappa shape index (κ1) is 22.2. The van der Waals surface area contributed by atoms with Gasteiger partial charge in [-0.25, -0.2) is 4.99 Å². The third kappa shape index (κ3) is 6.22. The van der Waals surface area contributed by atoms with Gasteiger partial charge < -0.3 is 15.5 Å². The smallest absolute Gasteiger partial charge is 0.242 e. The maximum atomic E-state index is 12.6. The van der Waals surface area contributed by atoms with Crippen LogP contribution in [0.25, 0.3) is 0 Å². The summed E-state index contributed by atoms with van der Waals surface area (Å²) in [6.07, 6.45) is 0.920. The molecule has 2 aromatic carbocycles. The van der Waals surface area contributed by atoms with Crippen molar-refractivity contribution in [3.8, 4) is 0 Å². The Morgan fingerprint density at radius 2 is 1.79 bits per heavy atom. The zero-order valence-corrected chi connectivity index (χ0v) is 18.9. The summed E-state index contributed by atoms with van der Waals surface area (Å²) in [4.78, 5) is 19.1. The van der Waals surface area contributed by atoms with E-state index in [1.54, 1.807) is 0 Å². The van der Waals surface area contributed by atoms with Gasteiger partial charge >= 0.3 is 0 Å². The summed E-state index contributed by atoms with van der Waals surface area (Å²) in [6, 6.07) is 16.7. The molecular weight excluding hydrogens is 463 g/mol. The van der Waals surface area contributed by atoms with E-state index in [0.29, 0.717) is 19.0 Å². The van der Waals surface area contributed by atoms with Crippen LogP contribution in [0.4, 0.5) is 0 Å². The van der Waals surface area contributed by atoms with Crippen LogP contribution < -0.4 is 10.6 Å². The maximum Gasteiger partial charge on any atom is 0.242 e. The summed E-state index contributed by atoms with van der Waals surface area (Å²) >= 11 is 0. The lowest BCUT2D eigenvalue weighted by atomic mass is 10.00. The van der Waals surface area contributed by atoms with Gasteiger partial charge in [-0.05, 0) is 37.0 Å². The predicted molar refractivity (Wildman–Crippen MR) is 125 cm³/mol. The summed E-state index contributed by atoms with van der Waals surface area (Å²) < 4.78 is 0. The van der Waals surface area contributed by atoms with E-state index in [0.717, 1.165) is 25.1 Å². The van der Waals surface area contributed by atoms with Crippen LogP contribution in [0, 0.1) is 6.92 Å². The summed E-state index contributed by atoms with van der Waals surface area (Å²) in [5, 5.41) is 6.38. The van der Waals surface area contributed by atoms with E-state index < -0.39 is 0 Å². The van der Waals surface area contributed by atoms with Crippen LogP contribution in [0.5, 0.6) is 0 Å². The molecule has 1 amide bonds. The van der Waals surface area contributed by atoms with Crippen molar-refractivity contribution in [1.29, 1.82) is 0 Å². The fourth-order valence-electron chi connectivity index (χ4n) is 3.19. The average molecular weight is 492 g/mol. The van der Waals surface area contributed by atoms with Gasteiger partial charge in [0, 0.05) is 19.6 Å². The lowest BCUT2D eigenvalue weighted by Crippen LogP contribution is -2.45. The molecule has 0 fully saturated rings. The van der Waals surface area contributed by atoms with Crippen molar-refractivity contribution < 1.29 is 4.79 Å². The predicted octanol–water partition coefficient (Wildman–Crippen LogP) is 3.25. The molecule has 2 aromatic rings. The Bertz CT molecular complexity index is 804. The fraction of sp³-hybridized carbons (Fsp3) is 0.364. The highest BCUT2D eigenvalue weighted by atomic mass is 127. The summed E-state index contributed by atoms with van der Waals surface area (Å²) in [5.41, 5.74) is 4.98. The number of halogens is 1. The monoisotopic (exact) mass is 492 g/mol. The number of hydrogen-bond donors (Lipinski definition) is 2. The number of carbonyl (C=O) groups excluding carboxylic acids is 1. The average Bonchev–Trinajstić information content (AvgIpc) is 2.70. The molecule has 0 saturated carbocycles. The molecular formula is C22H29IN4O. The molecule has 0 unspecified atom stereocenters. The van der Waals surface area contributed by atoms with E-state index >= 15 is 0 Å². The van der Waals surface area contributed by atoms with Gasteiger partial charge in [0.2, 0.25) is 5.91 Å². The van der Waals surface area contributed by atoms with Crippen LogP contribution in [0.15, 0.2) is 53.5 Å². The minimum Gasteiger partial charge on any atom is -0.357 e. The third-order valence-corrected chi connectivity index (χ3v) is 4.77. The first-order chi connectivity index (χ1) is 13.2. The molecule has 0 aromatic heterocycles. The van der Waals surface area contributed by atoms with Gasteiger partial charge in [-0.3, -0.25) is 4.79 Å². The first-order valence-electron chi connectivity index (χ1n) is 9.58. The summed E-state index contributed by atoms with van der Waals surface area (Å²) in [6.45, 7) is 7.14. The first-order valence-corrected chi connectivity index (χ1v) is 9.58. The van der Waals surface area contributed by atoms with Crippen molar-refractivity contribution in [2.75, 3.05) is 19.6 Å². The lowest BCUT2D eigenvalue weighted by Gasteiger charge is -2.29. The number of aliphatic imine (C=N–C) groups is 1. The third-order valence-electron chi connectivity index (χ3n) is 4.77. The second-order valence-electron chi connectivity index (χ2n) is 6.87. The van der Waals surface area contributed by atoms with Crippen molar-refractivity contribution in [2.24, 2.45) is 4.99 Å². The number of nitrogens with zero attached hydrogens (tertiary/aromatic N) is 2. The second kappa shape index (κ2) is 11.0. The number of carbonyl (C=O) groups is 1. The fourth-order valence-corrected chi connectivity index (χ4v) is 3.19. The minimum absolute atomic E-state index is 0. The minimum atomic E-state index is 0. The summed E-state index contributed by atoms with van der Waals surface area (Å²) in [7, 11) is 0. The van der Waals surface area contributed by atoms with Gasteiger partial charge in [-0.15, -0.1) is 24.0 Å². The van der Waals surface area contributed by atoms with E-state index in [9.17, 15) is 4.79 Å². The van der Waals surface area contributed by atoms with Crippen LogP contribution in [0.3, 0.4) is 0 Å². The standard InChI is InChI=1S/C22H28N4O.HI/c1-3-23-22(24-14-18-10-8-17(2)9-11-18)25-15-21(27)26-13-12-19-6-4-5-7-20(19)16-26;/h4-11H,3,12-16H2,1-2H3,(H2,23,24,25);1H. The highest BCUT2D eigenvalue weighted by molar-refractivity contribution is 14.0. The van der Waals surface area contributed by atoms with Gasteiger partial charge in [-0.1, -0.05) is 54.1 Å². The van der Waals surface area contributed by atoms with Crippen molar-refractivity contribution in [2.45, 2.75) is 33.4 Å². The number of hydrogen-bond acceptors (Lipinski definition) is 2. The van der Waals surface area contributed by atoms with Crippen LogP contribution in [-0.4, -0.2) is 36.4 Å². The number of benzene rings is 2. The number of guanidine groups is 1. The van der Waals surface area contributed by atoms with Gasteiger partial charge in [0.05, 0.1) is 13.1 Å². The number of amides is 1. The van der Waals surface area contributed by atoms with Gasteiger partial charge in [0.15, 0.2) is 5.96 Å². The molecule has 0 saturated heterocycles. The van der Waals surface area contributed by atoms with Crippen molar-refractivity contribution >= 4 is 35.8 Å². The Morgan fingerprint density at radius 1 is 1.07 bits per heavy atom. The van der Waals surface area contributed by atoms with Crippen LogP contribution in [0.2, 0.25) is 0 Å². The van der Waals surface area contributed by atoms with Crippen molar-refractivity contribution in [3.63, 3.8) is 0 Å². The van der Waals surface area contributed by atoms with Gasteiger partial charge in [-0.2, -0.15) is 0 Å². The molecule has 150 valence electrons. The lowest BCUT2D eigenvalue weighted by molar-refractivity contribution is -0.130. The quantitative estimate of drug-likeness (QED) is 0.383. The second-order valence-corrected chi connectivity index (χ2v) is 6.87. The SMILES string of the molecule is CCNC(=NCc1ccc(C)cc1)NCC(=O)N1CCc2ccccc2C1.I. The Labute approximate surface area is 184 Å². The molecule has 2 N–H and O–H groups in total. The Morgan fingerprint density at radius 3 is 2.50 bits per heavy atom. The molecule has 0 bridgehead atoms. The molecule has 0 radical (unpaired) electrons. The molecule has 1 heterocycles. The van der Waals surface area contributed by atoms with E-state index in [4.69, 9.17) is 0 Å². The normalized spacial score (nSPS) is 13.4. The molecule has 6 heteroatoms. The number of nitrogens with one attached hydrogen (secondary N) is 2. The van der Waals surface area contributed by atoms with Gasteiger partial charge in [0.25, 0.3) is 0 Å². The number of rotatable bonds is 5. The van der Waals surface area contributed by atoms with Crippen molar-refractivity contribution in [1.82, 2.24) is 15.5 Å². The van der Waals surface area contributed by atoms with E-state index in [2.05, 4.69) is 65.0 Å². The molecule has 1 aliphatic heterocycles.